The normalized spacial score (nSPS) is 12.0. The third-order valence-corrected chi connectivity index (χ3v) is 3.99. The summed E-state index contributed by atoms with van der Waals surface area (Å²) in [5.74, 6) is 0.0479. The second-order valence-corrected chi connectivity index (χ2v) is 5.65. The van der Waals surface area contributed by atoms with Crippen LogP contribution in [-0.2, 0) is 11.2 Å². The van der Waals surface area contributed by atoms with Gasteiger partial charge in [0.2, 0.25) is 0 Å². The molecule has 0 heterocycles. The lowest BCUT2D eigenvalue weighted by Gasteiger charge is -2.14. The molecule has 1 atom stereocenters. The Morgan fingerprint density at radius 1 is 1.14 bits per heavy atom. The van der Waals surface area contributed by atoms with Gasteiger partial charge in [0.15, 0.2) is 6.54 Å². The Hall–Kier alpha value is -2.13. The van der Waals surface area contributed by atoms with Crippen LogP contribution in [0.15, 0.2) is 48.5 Å². The van der Waals surface area contributed by atoms with Gasteiger partial charge < -0.3 is 10.6 Å². The average molecular weight is 297 g/mol. The molecule has 0 radical (unpaired) electrons. The number of nitrogens with one attached hydrogen (secondary N) is 1. The maximum Gasteiger partial charge on any atom is 0.279 e. The van der Waals surface area contributed by atoms with Crippen molar-refractivity contribution in [3.8, 4) is 0 Å². The standard InChI is InChI=1S/C19H24N2O/c1-4-16-12-8-9-14(2)19(16)21-18(22)13-20-15(3)17-10-6-5-7-11-17/h5-12,15,20H,4,13H2,1-3H3,(H,21,22)/p+1/t15-/m1/s1. The van der Waals surface area contributed by atoms with Crippen LogP contribution in [0.25, 0.3) is 0 Å². The second-order valence-electron chi connectivity index (χ2n) is 5.65. The van der Waals surface area contributed by atoms with Gasteiger partial charge in [-0.25, -0.2) is 0 Å². The van der Waals surface area contributed by atoms with Crippen LogP contribution in [0.4, 0.5) is 5.69 Å². The molecule has 0 aliphatic carbocycles. The van der Waals surface area contributed by atoms with E-state index in [0.29, 0.717) is 6.54 Å². The molecule has 0 aliphatic rings. The minimum atomic E-state index is 0.0479. The molecule has 0 spiro atoms. The highest BCUT2D eigenvalue weighted by Crippen LogP contribution is 2.20. The summed E-state index contributed by atoms with van der Waals surface area (Å²) in [5, 5.41) is 5.13. The molecule has 0 bridgehead atoms. The Balaban J connectivity index is 1.94. The Kier molecular flexibility index (Phi) is 5.73. The maximum atomic E-state index is 12.2. The Bertz CT molecular complexity index is 623. The van der Waals surface area contributed by atoms with Gasteiger partial charge in [-0.1, -0.05) is 55.5 Å². The molecule has 0 aliphatic heterocycles. The van der Waals surface area contributed by atoms with Crippen molar-refractivity contribution in [2.24, 2.45) is 0 Å². The maximum absolute atomic E-state index is 12.2. The van der Waals surface area contributed by atoms with Gasteiger partial charge in [-0.05, 0) is 31.4 Å². The summed E-state index contributed by atoms with van der Waals surface area (Å²) >= 11 is 0. The summed E-state index contributed by atoms with van der Waals surface area (Å²) in [7, 11) is 0. The van der Waals surface area contributed by atoms with Gasteiger partial charge in [-0.2, -0.15) is 0 Å². The Labute approximate surface area is 132 Å². The van der Waals surface area contributed by atoms with Gasteiger partial charge in [0.25, 0.3) is 5.91 Å². The van der Waals surface area contributed by atoms with Crippen molar-refractivity contribution in [2.45, 2.75) is 33.2 Å². The second kappa shape index (κ2) is 7.76. The molecule has 2 aromatic carbocycles. The molecule has 22 heavy (non-hydrogen) atoms. The molecule has 116 valence electrons. The SMILES string of the molecule is CCc1cccc(C)c1NC(=O)C[NH2+][C@H](C)c1ccccc1. The molecule has 2 rings (SSSR count). The van der Waals surface area contributed by atoms with E-state index >= 15 is 0 Å². The first-order valence-electron chi connectivity index (χ1n) is 7.88. The van der Waals surface area contributed by atoms with Crippen molar-refractivity contribution < 1.29 is 10.1 Å². The fourth-order valence-electron chi connectivity index (χ4n) is 2.57. The topological polar surface area (TPSA) is 45.7 Å². The summed E-state index contributed by atoms with van der Waals surface area (Å²) in [6.07, 6.45) is 0.918. The van der Waals surface area contributed by atoms with E-state index < -0.39 is 0 Å². The molecule has 0 unspecified atom stereocenters. The lowest BCUT2D eigenvalue weighted by molar-refractivity contribution is -0.682. The van der Waals surface area contributed by atoms with Crippen molar-refractivity contribution in [3.63, 3.8) is 0 Å². The van der Waals surface area contributed by atoms with E-state index in [1.54, 1.807) is 0 Å². The number of hydrogen-bond acceptors (Lipinski definition) is 1. The van der Waals surface area contributed by atoms with Crippen molar-refractivity contribution in [1.82, 2.24) is 0 Å². The lowest BCUT2D eigenvalue weighted by atomic mass is 10.1. The first kappa shape index (κ1) is 16.2. The number of aryl methyl sites for hydroxylation is 2. The fraction of sp³-hybridized carbons (Fsp3) is 0.316. The van der Waals surface area contributed by atoms with E-state index in [2.05, 4.69) is 42.7 Å². The third kappa shape index (κ3) is 4.18. The zero-order chi connectivity index (χ0) is 15.9. The molecule has 3 nitrogen and oxygen atoms in total. The minimum Gasteiger partial charge on any atom is -0.333 e. The van der Waals surface area contributed by atoms with Crippen LogP contribution in [0.2, 0.25) is 0 Å². The number of rotatable bonds is 6. The largest absolute Gasteiger partial charge is 0.333 e. The van der Waals surface area contributed by atoms with Crippen LogP contribution in [0.1, 0.15) is 36.6 Å². The van der Waals surface area contributed by atoms with Crippen molar-refractivity contribution >= 4 is 11.6 Å². The van der Waals surface area contributed by atoms with E-state index in [1.807, 2.05) is 37.3 Å². The highest BCUT2D eigenvalue weighted by molar-refractivity contribution is 5.93. The summed E-state index contributed by atoms with van der Waals surface area (Å²) in [4.78, 5) is 12.2. The Morgan fingerprint density at radius 3 is 2.55 bits per heavy atom. The van der Waals surface area contributed by atoms with E-state index in [4.69, 9.17) is 0 Å². The Morgan fingerprint density at radius 2 is 1.86 bits per heavy atom. The van der Waals surface area contributed by atoms with E-state index in [1.165, 1.54) is 11.1 Å². The zero-order valence-electron chi connectivity index (χ0n) is 13.6. The predicted octanol–water partition coefficient (Wildman–Crippen LogP) is 2.82. The number of carbonyl (C=O) groups is 1. The van der Waals surface area contributed by atoms with Gasteiger partial charge >= 0.3 is 0 Å². The first-order valence-corrected chi connectivity index (χ1v) is 7.88. The molecular formula is C19H25N2O+. The van der Waals surface area contributed by atoms with Crippen LogP contribution in [0.3, 0.4) is 0 Å². The summed E-state index contributed by atoms with van der Waals surface area (Å²) in [6, 6.07) is 16.7. The number of para-hydroxylation sites is 1. The van der Waals surface area contributed by atoms with Crippen molar-refractivity contribution in [1.29, 1.82) is 0 Å². The molecule has 3 heteroatoms. The third-order valence-electron chi connectivity index (χ3n) is 3.99. The smallest absolute Gasteiger partial charge is 0.279 e. The number of anilines is 1. The van der Waals surface area contributed by atoms with Crippen molar-refractivity contribution in [3.05, 3.63) is 65.2 Å². The van der Waals surface area contributed by atoms with Gasteiger partial charge in [0.1, 0.15) is 6.04 Å². The lowest BCUT2D eigenvalue weighted by Crippen LogP contribution is -2.86. The van der Waals surface area contributed by atoms with Crippen LogP contribution in [-0.4, -0.2) is 12.5 Å². The van der Waals surface area contributed by atoms with Crippen LogP contribution >= 0.6 is 0 Å². The average Bonchev–Trinajstić information content (AvgIpc) is 2.55. The number of benzene rings is 2. The monoisotopic (exact) mass is 297 g/mol. The molecule has 0 saturated heterocycles. The number of carbonyl (C=O) groups excluding carboxylic acids is 1. The number of quaternary nitrogens is 1. The number of amides is 1. The van der Waals surface area contributed by atoms with E-state index in [9.17, 15) is 4.79 Å². The summed E-state index contributed by atoms with van der Waals surface area (Å²) in [5.41, 5.74) is 4.50. The molecule has 0 aromatic heterocycles. The molecule has 0 fully saturated rings. The fourth-order valence-corrected chi connectivity index (χ4v) is 2.57. The van der Waals surface area contributed by atoms with Gasteiger partial charge in [-0.15, -0.1) is 0 Å². The van der Waals surface area contributed by atoms with E-state index in [-0.39, 0.29) is 11.9 Å². The van der Waals surface area contributed by atoms with Gasteiger partial charge in [0.05, 0.1) is 0 Å². The molecular weight excluding hydrogens is 272 g/mol. The zero-order valence-corrected chi connectivity index (χ0v) is 13.6. The quantitative estimate of drug-likeness (QED) is 0.846. The molecule has 3 N–H and O–H groups in total. The highest BCUT2D eigenvalue weighted by atomic mass is 16.1. The van der Waals surface area contributed by atoms with Crippen LogP contribution < -0.4 is 10.6 Å². The highest BCUT2D eigenvalue weighted by Gasteiger charge is 2.13. The van der Waals surface area contributed by atoms with Crippen LogP contribution in [0, 0.1) is 6.92 Å². The van der Waals surface area contributed by atoms with Gasteiger partial charge in [0, 0.05) is 11.3 Å². The molecule has 2 aromatic rings. The minimum absolute atomic E-state index is 0.0479. The number of nitrogens with two attached hydrogens (primary N) is 1. The first-order chi connectivity index (χ1) is 10.6. The van der Waals surface area contributed by atoms with Crippen molar-refractivity contribution in [2.75, 3.05) is 11.9 Å². The van der Waals surface area contributed by atoms with Gasteiger partial charge in [-0.3, -0.25) is 4.79 Å². The van der Waals surface area contributed by atoms with E-state index in [0.717, 1.165) is 17.7 Å². The number of hydrogen-bond donors (Lipinski definition) is 2. The molecule has 0 saturated carbocycles. The summed E-state index contributed by atoms with van der Waals surface area (Å²) in [6.45, 7) is 6.68. The van der Waals surface area contributed by atoms with Crippen LogP contribution in [0.5, 0.6) is 0 Å². The predicted molar refractivity (Wildman–Crippen MR) is 90.8 cm³/mol. The molecule has 1 amide bonds. The summed E-state index contributed by atoms with van der Waals surface area (Å²) < 4.78 is 0.